The molecule has 2 aromatic rings. The van der Waals surface area contributed by atoms with Gasteiger partial charge in [-0.25, -0.2) is 13.6 Å². The third kappa shape index (κ3) is 8.09. The molecule has 10 nitrogen and oxygen atoms in total. The summed E-state index contributed by atoms with van der Waals surface area (Å²) in [6, 6.07) is 8.07. The Bertz CT molecular complexity index is 1210. The van der Waals surface area contributed by atoms with Crippen LogP contribution < -0.4 is 15.5 Å². The van der Waals surface area contributed by atoms with Gasteiger partial charge < -0.3 is 14.8 Å². The molecule has 2 aromatic carbocycles. The molecule has 1 heterocycles. The number of amides is 1. The predicted molar refractivity (Wildman–Crippen MR) is 134 cm³/mol. The molecule has 0 radical (unpaired) electrons. The van der Waals surface area contributed by atoms with Crippen LogP contribution in [0.1, 0.15) is 24.0 Å². The summed E-state index contributed by atoms with van der Waals surface area (Å²) in [6.07, 6.45) is -0.850. The van der Waals surface area contributed by atoms with Gasteiger partial charge in [0.15, 0.2) is 0 Å². The third-order valence-electron chi connectivity index (χ3n) is 5.35. The molecule has 1 aliphatic rings. The first-order chi connectivity index (χ1) is 17.6. The fraction of sp³-hybridized carbons (Fsp3) is 0.391. The second-order valence-electron chi connectivity index (χ2n) is 7.78. The number of carbonyl (C=O) groups excluding carboxylic acids is 1. The average molecular weight is 606 g/mol. The van der Waals surface area contributed by atoms with Gasteiger partial charge in [0.25, 0.3) is 10.1 Å². The molecule has 2 N–H and O–H groups in total. The van der Waals surface area contributed by atoms with E-state index in [1.165, 1.54) is 14.0 Å². The van der Waals surface area contributed by atoms with E-state index in [1.54, 1.807) is 24.3 Å². The summed E-state index contributed by atoms with van der Waals surface area (Å²) in [5.74, 6) is -2.01. The van der Waals surface area contributed by atoms with Crippen molar-refractivity contribution in [3.05, 3.63) is 63.6 Å². The van der Waals surface area contributed by atoms with Gasteiger partial charge in [0, 0.05) is 16.0 Å². The number of halogens is 3. The minimum atomic E-state index is -3.64. The maximum atomic E-state index is 14.7. The number of methoxy groups -OCH3 is 1. The van der Waals surface area contributed by atoms with E-state index < -0.39 is 39.8 Å². The fourth-order valence-electron chi connectivity index (χ4n) is 3.47. The Kier molecular flexibility index (Phi) is 10.2. The van der Waals surface area contributed by atoms with Crippen LogP contribution in [0.2, 0.25) is 0 Å². The summed E-state index contributed by atoms with van der Waals surface area (Å²) in [4.78, 5) is 22.0. The first-order valence-electron chi connectivity index (χ1n) is 11.1. The van der Waals surface area contributed by atoms with Crippen LogP contribution in [-0.2, 0) is 30.5 Å². The van der Waals surface area contributed by atoms with E-state index in [1.807, 2.05) is 0 Å². The van der Waals surface area contributed by atoms with Gasteiger partial charge in [0.1, 0.15) is 35.9 Å². The fourth-order valence-corrected chi connectivity index (χ4v) is 4.36. The lowest BCUT2D eigenvalue weighted by atomic mass is 9.92. The zero-order chi connectivity index (χ0) is 27.0. The Morgan fingerprint density at radius 2 is 1.84 bits per heavy atom. The molecule has 0 spiro atoms. The Hall–Kier alpha value is -2.81. The molecular formula is C23H26BrF2N3O7S. The van der Waals surface area contributed by atoms with Crippen molar-refractivity contribution in [2.45, 2.75) is 25.5 Å². The van der Waals surface area contributed by atoms with Crippen molar-refractivity contribution in [1.82, 2.24) is 10.8 Å². The van der Waals surface area contributed by atoms with E-state index >= 15 is 0 Å². The number of benzene rings is 2. The molecular weight excluding hydrogens is 580 g/mol. The number of nitrogens with zero attached hydrogens (tertiary/aromatic N) is 1. The van der Waals surface area contributed by atoms with Gasteiger partial charge in [-0.2, -0.15) is 8.42 Å². The van der Waals surface area contributed by atoms with Crippen molar-refractivity contribution in [3.63, 3.8) is 0 Å². The lowest BCUT2D eigenvalue weighted by molar-refractivity contribution is 0.0589. The monoisotopic (exact) mass is 605 g/mol. The van der Waals surface area contributed by atoms with Gasteiger partial charge in [-0.3, -0.25) is 19.5 Å². The highest BCUT2D eigenvalue weighted by Crippen LogP contribution is 2.32. The van der Waals surface area contributed by atoms with Crippen LogP contribution in [0.5, 0.6) is 5.75 Å². The highest BCUT2D eigenvalue weighted by Gasteiger charge is 2.38. The minimum Gasteiger partial charge on any atom is -0.497 e. The summed E-state index contributed by atoms with van der Waals surface area (Å²) >= 11 is 3.05. The highest BCUT2D eigenvalue weighted by molar-refractivity contribution is 9.10. The Labute approximate surface area is 221 Å². The van der Waals surface area contributed by atoms with Crippen molar-refractivity contribution in [2.24, 2.45) is 4.99 Å². The van der Waals surface area contributed by atoms with Gasteiger partial charge in [-0.05, 0) is 36.8 Å². The smallest absolute Gasteiger partial charge is 0.408 e. The number of aliphatic imine (C=N–C) groups is 1. The lowest BCUT2D eigenvalue weighted by Crippen LogP contribution is -2.48. The second kappa shape index (κ2) is 13.1. The first-order valence-corrected chi connectivity index (χ1v) is 13.5. The normalized spacial score (nSPS) is 17.3. The van der Waals surface area contributed by atoms with Crippen LogP contribution in [0, 0.1) is 11.6 Å². The van der Waals surface area contributed by atoms with Crippen molar-refractivity contribution < 1.29 is 40.5 Å². The summed E-state index contributed by atoms with van der Waals surface area (Å²) in [7, 11) is -2.11. The molecule has 0 unspecified atom stereocenters. The van der Waals surface area contributed by atoms with Crippen LogP contribution in [-0.4, -0.2) is 59.0 Å². The van der Waals surface area contributed by atoms with Gasteiger partial charge in [-0.1, -0.05) is 28.1 Å². The zero-order valence-corrected chi connectivity index (χ0v) is 22.4. The third-order valence-corrected chi connectivity index (χ3v) is 7.04. The van der Waals surface area contributed by atoms with E-state index in [-0.39, 0.29) is 48.0 Å². The number of alkyl carbamates (subject to hydrolysis) is 1. The molecule has 37 heavy (non-hydrogen) atoms. The van der Waals surface area contributed by atoms with Crippen LogP contribution in [0.25, 0.3) is 0 Å². The molecule has 14 heteroatoms. The van der Waals surface area contributed by atoms with Crippen molar-refractivity contribution >= 4 is 38.0 Å². The second-order valence-corrected chi connectivity index (χ2v) is 10.6. The topological polar surface area (TPSA) is 125 Å². The Morgan fingerprint density at radius 1 is 1.16 bits per heavy atom. The number of nitrogens with one attached hydrogen (secondary N) is 2. The predicted octanol–water partition coefficient (Wildman–Crippen LogP) is 3.41. The first kappa shape index (κ1) is 28.8. The maximum Gasteiger partial charge on any atom is 0.408 e. The van der Waals surface area contributed by atoms with Gasteiger partial charge in [0.2, 0.25) is 0 Å². The highest BCUT2D eigenvalue weighted by atomic mass is 79.9. The number of ether oxygens (including phenoxy) is 2. The quantitative estimate of drug-likeness (QED) is 0.227. The molecule has 0 aromatic heterocycles. The summed E-state index contributed by atoms with van der Waals surface area (Å²) < 4.78 is 67.6. The molecule has 0 saturated carbocycles. The molecule has 1 amide bonds. The van der Waals surface area contributed by atoms with Gasteiger partial charge in [-0.15, -0.1) is 0 Å². The average Bonchev–Trinajstić information content (AvgIpc) is 3.23. The van der Waals surface area contributed by atoms with Crippen molar-refractivity contribution in [1.29, 1.82) is 0 Å². The standard InChI is InChI=1S/C23H26BrF2N3O7S/c1-3-37(31,32)36-9-8-35-29-22-21(17(12-27-22)20-18(25)10-15(24)11-19(20)26)28-23(30)34-13-14-4-6-16(33-2)7-5-14/h4-7,10-11,17,21H,3,8-9,12-13H2,1-2H3,(H,27,29)(H,28,30)/t17-,21-/m0/s1. The van der Waals surface area contributed by atoms with Crippen LogP contribution in [0.15, 0.2) is 45.9 Å². The van der Waals surface area contributed by atoms with E-state index in [2.05, 4.69) is 31.7 Å². The van der Waals surface area contributed by atoms with Crippen LogP contribution in [0.3, 0.4) is 0 Å². The van der Waals surface area contributed by atoms with E-state index in [9.17, 15) is 22.0 Å². The van der Waals surface area contributed by atoms with Gasteiger partial charge >= 0.3 is 6.09 Å². The largest absolute Gasteiger partial charge is 0.497 e. The van der Waals surface area contributed by atoms with Crippen molar-refractivity contribution in [3.8, 4) is 5.75 Å². The van der Waals surface area contributed by atoms with Gasteiger partial charge in [0.05, 0.1) is 32.6 Å². The minimum absolute atomic E-state index is 0.0616. The summed E-state index contributed by atoms with van der Waals surface area (Å²) in [5, 5.41) is 2.58. The summed E-state index contributed by atoms with van der Waals surface area (Å²) in [5.41, 5.74) is 2.95. The number of carbonyl (C=O) groups is 1. The molecule has 0 fully saturated rings. The molecule has 3 rings (SSSR count). The Balaban J connectivity index is 1.68. The van der Waals surface area contributed by atoms with E-state index in [4.69, 9.17) is 18.5 Å². The maximum absolute atomic E-state index is 14.7. The zero-order valence-electron chi connectivity index (χ0n) is 20.0. The van der Waals surface area contributed by atoms with Crippen LogP contribution in [0.4, 0.5) is 13.6 Å². The summed E-state index contributed by atoms with van der Waals surface area (Å²) in [6.45, 7) is 0.863. The molecule has 1 aliphatic heterocycles. The van der Waals surface area contributed by atoms with Crippen LogP contribution >= 0.6 is 15.9 Å². The number of amidine groups is 1. The molecule has 0 saturated heterocycles. The lowest BCUT2D eigenvalue weighted by Gasteiger charge is -2.23. The van der Waals surface area contributed by atoms with E-state index in [0.29, 0.717) is 11.3 Å². The van der Waals surface area contributed by atoms with E-state index in [0.717, 1.165) is 12.1 Å². The SMILES string of the molecule is CCS(=O)(=O)OCCONC1=NC[C@@H](c2c(F)cc(Br)cc2F)[C@@H]1NC(=O)OCc1ccc(OC)cc1. The molecule has 2 atom stereocenters. The van der Waals surface area contributed by atoms with Crippen molar-refractivity contribution in [2.75, 3.05) is 32.6 Å². The number of rotatable bonds is 11. The molecule has 0 bridgehead atoms. The number of hydrogen-bond donors (Lipinski definition) is 2. The number of hydroxylamine groups is 1. The molecule has 202 valence electrons. The molecule has 0 aliphatic carbocycles. The number of hydrogen-bond acceptors (Lipinski definition) is 9. The Morgan fingerprint density at radius 3 is 2.46 bits per heavy atom.